The number of carbonyl (C=O) groups excluding carboxylic acids is 1. The predicted molar refractivity (Wildman–Crippen MR) is 86.5 cm³/mol. The molecule has 1 fully saturated rings. The highest BCUT2D eigenvalue weighted by Crippen LogP contribution is 2.26. The third-order valence-corrected chi connectivity index (χ3v) is 4.29. The van der Waals surface area contributed by atoms with Gasteiger partial charge in [0.05, 0.1) is 5.69 Å². The number of piperidine rings is 1. The molecule has 1 aliphatic heterocycles. The SMILES string of the molecule is CC1CC(C)CN(C(=O)Nc2cn(C)c3ccccc23)C1. The van der Waals surface area contributed by atoms with E-state index in [0.29, 0.717) is 11.8 Å². The van der Waals surface area contributed by atoms with Crippen LogP contribution in [-0.4, -0.2) is 28.6 Å². The second kappa shape index (κ2) is 5.43. The molecule has 2 atom stereocenters. The van der Waals surface area contributed by atoms with Crippen molar-refractivity contribution in [2.24, 2.45) is 18.9 Å². The summed E-state index contributed by atoms with van der Waals surface area (Å²) in [7, 11) is 2.00. The number of fused-ring (bicyclic) bond motifs is 1. The van der Waals surface area contributed by atoms with Crippen LogP contribution in [0.1, 0.15) is 20.3 Å². The number of nitrogens with one attached hydrogen (secondary N) is 1. The van der Waals surface area contributed by atoms with E-state index in [1.165, 1.54) is 6.42 Å². The van der Waals surface area contributed by atoms with Gasteiger partial charge in [0.25, 0.3) is 0 Å². The zero-order valence-corrected chi connectivity index (χ0v) is 13.0. The summed E-state index contributed by atoms with van der Waals surface area (Å²) in [5.74, 6) is 1.15. The van der Waals surface area contributed by atoms with Gasteiger partial charge in [-0.1, -0.05) is 32.0 Å². The van der Waals surface area contributed by atoms with Gasteiger partial charge in [-0.3, -0.25) is 0 Å². The Morgan fingerprint density at radius 3 is 2.57 bits per heavy atom. The van der Waals surface area contributed by atoms with Crippen molar-refractivity contribution in [1.82, 2.24) is 9.47 Å². The maximum atomic E-state index is 12.5. The molecule has 1 aliphatic rings. The number of hydrogen-bond donors (Lipinski definition) is 1. The molecule has 1 aromatic heterocycles. The smallest absolute Gasteiger partial charge is 0.321 e. The van der Waals surface area contributed by atoms with E-state index in [1.54, 1.807) is 0 Å². The minimum Gasteiger partial charge on any atom is -0.348 e. The number of anilines is 1. The van der Waals surface area contributed by atoms with Gasteiger partial charge in [-0.05, 0) is 24.3 Å². The van der Waals surface area contributed by atoms with Crippen LogP contribution in [0.3, 0.4) is 0 Å². The Balaban J connectivity index is 1.80. The number of benzene rings is 1. The zero-order chi connectivity index (χ0) is 15.0. The number of carbonyl (C=O) groups is 1. The van der Waals surface area contributed by atoms with Gasteiger partial charge in [-0.15, -0.1) is 0 Å². The quantitative estimate of drug-likeness (QED) is 0.852. The summed E-state index contributed by atoms with van der Waals surface area (Å²) < 4.78 is 2.05. The van der Waals surface area contributed by atoms with Crippen molar-refractivity contribution in [2.75, 3.05) is 18.4 Å². The maximum Gasteiger partial charge on any atom is 0.321 e. The zero-order valence-electron chi connectivity index (χ0n) is 13.0. The highest BCUT2D eigenvalue weighted by molar-refractivity contribution is 6.01. The Morgan fingerprint density at radius 2 is 1.86 bits per heavy atom. The fraction of sp³-hybridized carbons (Fsp3) is 0.471. The summed E-state index contributed by atoms with van der Waals surface area (Å²) in [4.78, 5) is 14.5. The molecule has 3 rings (SSSR count). The van der Waals surface area contributed by atoms with Crippen LogP contribution in [0.2, 0.25) is 0 Å². The molecule has 1 aromatic carbocycles. The van der Waals surface area contributed by atoms with Crippen LogP contribution in [0, 0.1) is 11.8 Å². The molecule has 1 N–H and O–H groups in total. The molecule has 4 nitrogen and oxygen atoms in total. The lowest BCUT2D eigenvalue weighted by Crippen LogP contribution is -2.44. The van der Waals surface area contributed by atoms with Gasteiger partial charge in [0, 0.05) is 37.2 Å². The van der Waals surface area contributed by atoms with Crippen molar-refractivity contribution in [3.05, 3.63) is 30.5 Å². The lowest BCUT2D eigenvalue weighted by molar-refractivity contribution is 0.156. The second-order valence-corrected chi connectivity index (χ2v) is 6.45. The average molecular weight is 285 g/mol. The molecule has 2 heterocycles. The Labute approximate surface area is 125 Å². The number of amides is 2. The number of aryl methyl sites for hydroxylation is 1. The fourth-order valence-corrected chi connectivity index (χ4v) is 3.46. The molecule has 2 unspecified atom stereocenters. The molecule has 0 aliphatic carbocycles. The van der Waals surface area contributed by atoms with E-state index in [4.69, 9.17) is 0 Å². The predicted octanol–water partition coefficient (Wildman–Crippen LogP) is 3.69. The van der Waals surface area contributed by atoms with Crippen LogP contribution in [0.4, 0.5) is 10.5 Å². The van der Waals surface area contributed by atoms with Crippen molar-refractivity contribution in [1.29, 1.82) is 0 Å². The largest absolute Gasteiger partial charge is 0.348 e. The number of rotatable bonds is 1. The van der Waals surface area contributed by atoms with E-state index in [1.807, 2.05) is 40.9 Å². The highest BCUT2D eigenvalue weighted by atomic mass is 16.2. The number of para-hydroxylation sites is 1. The third-order valence-electron chi connectivity index (χ3n) is 4.29. The Morgan fingerprint density at radius 1 is 1.19 bits per heavy atom. The van der Waals surface area contributed by atoms with E-state index in [2.05, 4.69) is 25.2 Å². The maximum absolute atomic E-state index is 12.5. The first kappa shape index (κ1) is 14.0. The summed E-state index contributed by atoms with van der Waals surface area (Å²) >= 11 is 0. The molecule has 112 valence electrons. The summed E-state index contributed by atoms with van der Waals surface area (Å²) in [6.07, 6.45) is 3.19. The van der Waals surface area contributed by atoms with E-state index < -0.39 is 0 Å². The van der Waals surface area contributed by atoms with Crippen molar-refractivity contribution >= 4 is 22.6 Å². The molecular weight excluding hydrogens is 262 g/mol. The van der Waals surface area contributed by atoms with E-state index in [-0.39, 0.29) is 6.03 Å². The lowest BCUT2D eigenvalue weighted by atomic mass is 9.92. The topological polar surface area (TPSA) is 37.3 Å². The van der Waals surface area contributed by atoms with E-state index in [9.17, 15) is 4.79 Å². The summed E-state index contributed by atoms with van der Waals surface area (Å²) in [5, 5.41) is 4.17. The van der Waals surface area contributed by atoms with Gasteiger partial charge < -0.3 is 14.8 Å². The normalized spacial score (nSPS) is 22.5. The summed E-state index contributed by atoms with van der Waals surface area (Å²) in [6.45, 7) is 6.13. The Bertz CT molecular complexity index is 651. The number of urea groups is 1. The van der Waals surface area contributed by atoms with Gasteiger partial charge >= 0.3 is 6.03 Å². The fourth-order valence-electron chi connectivity index (χ4n) is 3.46. The average Bonchev–Trinajstić information content (AvgIpc) is 2.75. The highest BCUT2D eigenvalue weighted by Gasteiger charge is 2.25. The molecule has 0 bridgehead atoms. The number of aromatic nitrogens is 1. The molecule has 2 aromatic rings. The minimum atomic E-state index is 0.0183. The van der Waals surface area contributed by atoms with Crippen LogP contribution < -0.4 is 5.32 Å². The lowest BCUT2D eigenvalue weighted by Gasteiger charge is -2.34. The molecule has 0 radical (unpaired) electrons. The number of likely N-dealkylation sites (tertiary alicyclic amines) is 1. The Kier molecular flexibility index (Phi) is 3.62. The van der Waals surface area contributed by atoms with Gasteiger partial charge in [0.1, 0.15) is 0 Å². The molecule has 21 heavy (non-hydrogen) atoms. The van der Waals surface area contributed by atoms with Crippen LogP contribution >= 0.6 is 0 Å². The van der Waals surface area contributed by atoms with Crippen molar-refractivity contribution in [2.45, 2.75) is 20.3 Å². The first-order valence-corrected chi connectivity index (χ1v) is 7.64. The minimum absolute atomic E-state index is 0.0183. The molecule has 4 heteroatoms. The molecule has 0 spiro atoms. The summed E-state index contributed by atoms with van der Waals surface area (Å²) in [5.41, 5.74) is 2.03. The van der Waals surface area contributed by atoms with E-state index in [0.717, 1.165) is 29.7 Å². The Hall–Kier alpha value is -1.97. The number of nitrogens with zero attached hydrogens (tertiary/aromatic N) is 2. The van der Waals surface area contributed by atoms with Crippen LogP contribution in [0.15, 0.2) is 30.5 Å². The van der Waals surface area contributed by atoms with Crippen molar-refractivity contribution < 1.29 is 4.79 Å². The number of hydrogen-bond acceptors (Lipinski definition) is 1. The molecule has 1 saturated heterocycles. The van der Waals surface area contributed by atoms with Gasteiger partial charge in [-0.25, -0.2) is 4.79 Å². The third kappa shape index (κ3) is 2.75. The van der Waals surface area contributed by atoms with Crippen LogP contribution in [-0.2, 0) is 7.05 Å². The molecule has 2 amide bonds. The first-order valence-electron chi connectivity index (χ1n) is 7.64. The van der Waals surface area contributed by atoms with Crippen LogP contribution in [0.5, 0.6) is 0 Å². The monoisotopic (exact) mass is 285 g/mol. The molecule has 0 saturated carbocycles. The van der Waals surface area contributed by atoms with Crippen molar-refractivity contribution in [3.8, 4) is 0 Å². The van der Waals surface area contributed by atoms with Crippen molar-refractivity contribution in [3.63, 3.8) is 0 Å². The first-order chi connectivity index (χ1) is 10.0. The molecular formula is C17H23N3O. The van der Waals surface area contributed by atoms with E-state index >= 15 is 0 Å². The van der Waals surface area contributed by atoms with Gasteiger partial charge in [0.2, 0.25) is 0 Å². The van der Waals surface area contributed by atoms with Gasteiger partial charge in [-0.2, -0.15) is 0 Å². The summed E-state index contributed by atoms with van der Waals surface area (Å²) in [6, 6.07) is 8.15. The van der Waals surface area contributed by atoms with Crippen LogP contribution in [0.25, 0.3) is 10.9 Å². The standard InChI is InChI=1S/C17H23N3O/c1-12-8-13(2)10-20(9-12)17(21)18-15-11-19(3)16-7-5-4-6-14(15)16/h4-7,11-13H,8-10H2,1-3H3,(H,18,21). The van der Waals surface area contributed by atoms with Gasteiger partial charge in [0.15, 0.2) is 0 Å². The second-order valence-electron chi connectivity index (χ2n) is 6.45.